The fraction of sp³-hybridized carbons (Fsp3) is 0.471. The van der Waals surface area contributed by atoms with Gasteiger partial charge in [-0.1, -0.05) is 31.4 Å². The van der Waals surface area contributed by atoms with E-state index in [9.17, 15) is 4.79 Å². The van der Waals surface area contributed by atoms with Crippen LogP contribution >= 0.6 is 11.6 Å². The smallest absolute Gasteiger partial charge is 0.254 e. The zero-order chi connectivity index (χ0) is 14.4. The molecule has 1 fully saturated rings. The highest BCUT2D eigenvalue weighted by Crippen LogP contribution is 2.38. The lowest BCUT2D eigenvalue weighted by Crippen LogP contribution is -2.35. The van der Waals surface area contributed by atoms with Crippen LogP contribution in [-0.2, 0) is 6.54 Å². The number of hydrogen-bond donors (Lipinski definition) is 0. The molecule has 2 aliphatic rings. The molecule has 2 aromatic rings. The van der Waals surface area contributed by atoms with E-state index in [1.165, 1.54) is 32.1 Å². The van der Waals surface area contributed by atoms with E-state index in [-0.39, 0.29) is 6.10 Å². The van der Waals surface area contributed by atoms with Crippen LogP contribution < -0.4 is 4.74 Å². The summed E-state index contributed by atoms with van der Waals surface area (Å²) in [6.45, 7) is 0.822. The Kier molecular flexibility index (Phi) is 3.18. The average molecular weight is 304 g/mol. The summed E-state index contributed by atoms with van der Waals surface area (Å²) in [5, 5.41) is 0.501. The predicted octanol–water partition coefficient (Wildman–Crippen LogP) is 4.36. The predicted molar refractivity (Wildman–Crippen MR) is 83.1 cm³/mol. The molecule has 0 N–H and O–H groups in total. The normalized spacial score (nSPS) is 22.2. The number of hydrogen-bond acceptors (Lipinski definition) is 2. The quantitative estimate of drug-likeness (QED) is 0.772. The van der Waals surface area contributed by atoms with Crippen LogP contribution in [0.1, 0.15) is 42.5 Å². The van der Waals surface area contributed by atoms with Gasteiger partial charge in [0.2, 0.25) is 0 Å². The van der Waals surface area contributed by atoms with Gasteiger partial charge < -0.3 is 9.30 Å². The molecule has 21 heavy (non-hydrogen) atoms. The van der Waals surface area contributed by atoms with Gasteiger partial charge in [0, 0.05) is 11.6 Å². The van der Waals surface area contributed by atoms with Crippen molar-refractivity contribution < 1.29 is 9.53 Å². The second-order valence-corrected chi connectivity index (χ2v) is 6.52. The van der Waals surface area contributed by atoms with Crippen molar-refractivity contribution in [2.45, 2.75) is 44.8 Å². The summed E-state index contributed by atoms with van der Waals surface area (Å²) in [5.41, 5.74) is 1.59. The molecule has 1 saturated carbocycles. The maximum Gasteiger partial charge on any atom is 0.254 e. The number of ether oxygens (including phenoxy) is 1. The van der Waals surface area contributed by atoms with Crippen LogP contribution in [0.25, 0.3) is 10.9 Å². The van der Waals surface area contributed by atoms with Gasteiger partial charge >= 0.3 is 0 Å². The van der Waals surface area contributed by atoms with Crippen LogP contribution in [0.4, 0.5) is 0 Å². The van der Waals surface area contributed by atoms with Crippen LogP contribution in [-0.4, -0.2) is 15.9 Å². The molecule has 1 aliphatic heterocycles. The van der Waals surface area contributed by atoms with Gasteiger partial charge in [0.1, 0.15) is 11.9 Å². The molecule has 0 saturated heterocycles. The van der Waals surface area contributed by atoms with Crippen LogP contribution in [0.15, 0.2) is 24.4 Å². The first-order valence-electron chi connectivity index (χ1n) is 7.72. The summed E-state index contributed by atoms with van der Waals surface area (Å²) < 4.78 is 8.42. The molecule has 1 aromatic carbocycles. The Morgan fingerprint density at radius 1 is 1.24 bits per heavy atom. The minimum Gasteiger partial charge on any atom is -0.486 e. The second-order valence-electron chi connectivity index (χ2n) is 6.18. The summed E-state index contributed by atoms with van der Waals surface area (Å²) in [6.07, 6.45) is 8.56. The zero-order valence-electron chi connectivity index (χ0n) is 11.8. The SMILES string of the molecule is O=C(Cl)c1cn2c3c(cccc13)OC(C1CCCCC1)C2. The molecule has 1 atom stereocenters. The van der Waals surface area contributed by atoms with Crippen molar-refractivity contribution in [2.24, 2.45) is 5.92 Å². The molecule has 0 spiro atoms. The molecule has 2 heterocycles. The minimum absolute atomic E-state index is 0.217. The van der Waals surface area contributed by atoms with Gasteiger partial charge in [-0.15, -0.1) is 0 Å². The number of carbonyl (C=O) groups is 1. The van der Waals surface area contributed by atoms with E-state index < -0.39 is 5.24 Å². The van der Waals surface area contributed by atoms with Gasteiger partial charge in [-0.3, -0.25) is 4.79 Å². The van der Waals surface area contributed by atoms with Crippen molar-refractivity contribution in [1.29, 1.82) is 0 Å². The third-order valence-electron chi connectivity index (χ3n) is 4.90. The molecule has 0 bridgehead atoms. The summed E-state index contributed by atoms with van der Waals surface area (Å²) in [6, 6.07) is 5.88. The van der Waals surface area contributed by atoms with Crippen molar-refractivity contribution in [3.8, 4) is 5.75 Å². The lowest BCUT2D eigenvalue weighted by atomic mass is 9.85. The summed E-state index contributed by atoms with van der Waals surface area (Å²) in [7, 11) is 0. The number of aromatic nitrogens is 1. The Bertz CT molecular complexity index is 700. The van der Waals surface area contributed by atoms with E-state index in [4.69, 9.17) is 16.3 Å². The van der Waals surface area contributed by atoms with Crippen LogP contribution in [0.2, 0.25) is 0 Å². The number of carbonyl (C=O) groups excluding carboxylic acids is 1. The van der Waals surface area contributed by atoms with Crippen molar-refractivity contribution in [3.05, 3.63) is 30.0 Å². The standard InChI is InChI=1S/C17H18ClNO2/c18-17(20)13-9-19-10-15(11-5-2-1-3-6-11)21-14-8-4-7-12(13)16(14)19/h4,7-9,11,15H,1-3,5-6,10H2. The molecule has 0 radical (unpaired) electrons. The van der Waals surface area contributed by atoms with Crippen molar-refractivity contribution in [1.82, 2.24) is 4.57 Å². The molecule has 1 aromatic heterocycles. The van der Waals surface area contributed by atoms with E-state index >= 15 is 0 Å². The maximum atomic E-state index is 11.6. The Hall–Kier alpha value is -1.48. The molecule has 4 heteroatoms. The number of benzene rings is 1. The first-order valence-corrected chi connectivity index (χ1v) is 8.10. The van der Waals surface area contributed by atoms with Crippen LogP contribution in [0.5, 0.6) is 5.75 Å². The van der Waals surface area contributed by atoms with Crippen molar-refractivity contribution in [2.75, 3.05) is 0 Å². The fourth-order valence-electron chi connectivity index (χ4n) is 3.87. The van der Waals surface area contributed by atoms with Gasteiger partial charge in [-0.25, -0.2) is 0 Å². The van der Waals surface area contributed by atoms with Gasteiger partial charge in [-0.2, -0.15) is 0 Å². The van der Waals surface area contributed by atoms with Crippen LogP contribution in [0, 0.1) is 5.92 Å². The maximum absolute atomic E-state index is 11.6. The molecular formula is C17H18ClNO2. The lowest BCUT2D eigenvalue weighted by molar-refractivity contribution is 0.0854. The van der Waals surface area contributed by atoms with E-state index in [1.807, 2.05) is 24.4 Å². The number of halogens is 1. The molecule has 1 aliphatic carbocycles. The Morgan fingerprint density at radius 2 is 2.05 bits per heavy atom. The number of nitrogens with zero attached hydrogens (tertiary/aromatic N) is 1. The van der Waals surface area contributed by atoms with Crippen LogP contribution in [0.3, 0.4) is 0 Å². The van der Waals surface area contributed by atoms with Crippen molar-refractivity contribution >= 4 is 27.7 Å². The third-order valence-corrected chi connectivity index (χ3v) is 5.11. The highest BCUT2D eigenvalue weighted by Gasteiger charge is 2.31. The lowest BCUT2D eigenvalue weighted by Gasteiger charge is -2.34. The largest absolute Gasteiger partial charge is 0.486 e. The summed E-state index contributed by atoms with van der Waals surface area (Å²) in [4.78, 5) is 11.6. The number of rotatable bonds is 2. The van der Waals surface area contributed by atoms with E-state index in [1.54, 1.807) is 0 Å². The molecule has 1 unspecified atom stereocenters. The fourth-order valence-corrected chi connectivity index (χ4v) is 4.02. The third kappa shape index (κ3) is 2.15. The van der Waals surface area contributed by atoms with Gasteiger partial charge in [-0.05, 0) is 36.4 Å². The van der Waals surface area contributed by atoms with Gasteiger partial charge in [0.25, 0.3) is 5.24 Å². The van der Waals surface area contributed by atoms with E-state index in [0.717, 1.165) is 23.2 Å². The highest BCUT2D eigenvalue weighted by atomic mass is 35.5. The molecule has 110 valence electrons. The summed E-state index contributed by atoms with van der Waals surface area (Å²) in [5.74, 6) is 1.51. The topological polar surface area (TPSA) is 31.2 Å². The monoisotopic (exact) mass is 303 g/mol. The van der Waals surface area contributed by atoms with E-state index in [0.29, 0.717) is 11.5 Å². The molecule has 3 nitrogen and oxygen atoms in total. The molecule has 0 amide bonds. The van der Waals surface area contributed by atoms with Gasteiger partial charge in [0.05, 0.1) is 17.6 Å². The highest BCUT2D eigenvalue weighted by molar-refractivity contribution is 6.68. The second kappa shape index (κ2) is 5.06. The van der Waals surface area contributed by atoms with Crippen molar-refractivity contribution in [3.63, 3.8) is 0 Å². The molecular weight excluding hydrogens is 286 g/mol. The van der Waals surface area contributed by atoms with E-state index in [2.05, 4.69) is 4.57 Å². The Balaban J connectivity index is 1.75. The average Bonchev–Trinajstić information content (AvgIpc) is 2.89. The Labute approximate surface area is 128 Å². The zero-order valence-corrected chi connectivity index (χ0v) is 12.6. The first kappa shape index (κ1) is 13.2. The molecule has 4 rings (SSSR count). The summed E-state index contributed by atoms with van der Waals surface area (Å²) >= 11 is 5.72. The first-order chi connectivity index (χ1) is 10.2. The minimum atomic E-state index is -0.396. The Morgan fingerprint density at radius 3 is 2.81 bits per heavy atom. The number of para-hydroxylation sites is 1. The van der Waals surface area contributed by atoms with Gasteiger partial charge in [0.15, 0.2) is 0 Å².